The van der Waals surface area contributed by atoms with Gasteiger partial charge in [-0.15, -0.1) is 0 Å². The van der Waals surface area contributed by atoms with Crippen LogP contribution in [0.1, 0.15) is 24.5 Å². The van der Waals surface area contributed by atoms with Crippen LogP contribution in [-0.2, 0) is 16.4 Å². The molecule has 21 heavy (non-hydrogen) atoms. The summed E-state index contributed by atoms with van der Waals surface area (Å²) in [5, 5.41) is 2.87. The highest BCUT2D eigenvalue weighted by atomic mass is 32.2. The van der Waals surface area contributed by atoms with Crippen LogP contribution in [0.3, 0.4) is 0 Å². The van der Waals surface area contributed by atoms with Crippen molar-refractivity contribution >= 4 is 15.9 Å². The average Bonchev–Trinajstić information content (AvgIpc) is 2.79. The van der Waals surface area contributed by atoms with Gasteiger partial charge in [0, 0.05) is 19.1 Å². The maximum Gasteiger partial charge on any atom is 0.317 e. The van der Waals surface area contributed by atoms with Gasteiger partial charge in [-0.1, -0.05) is 29.8 Å². The number of aryl methyl sites for hydroxylation is 1. The summed E-state index contributed by atoms with van der Waals surface area (Å²) in [5.74, 6) is 0.262. The monoisotopic (exact) mass is 310 g/mol. The molecule has 1 aromatic rings. The van der Waals surface area contributed by atoms with E-state index in [-0.39, 0.29) is 23.6 Å². The largest absolute Gasteiger partial charge is 0.334 e. The van der Waals surface area contributed by atoms with E-state index in [1.165, 1.54) is 5.56 Å². The van der Waals surface area contributed by atoms with E-state index in [0.717, 1.165) is 5.56 Å². The van der Waals surface area contributed by atoms with Crippen LogP contribution in [0, 0.1) is 6.92 Å². The van der Waals surface area contributed by atoms with Crippen molar-refractivity contribution in [2.45, 2.75) is 32.9 Å². The summed E-state index contributed by atoms with van der Waals surface area (Å²) >= 11 is 0. The van der Waals surface area contributed by atoms with Gasteiger partial charge in [-0.25, -0.2) is 13.2 Å². The summed E-state index contributed by atoms with van der Waals surface area (Å²) in [6.07, 6.45) is 0.536. The Labute approximate surface area is 126 Å². The minimum atomic E-state index is -2.98. The quantitative estimate of drug-likeness (QED) is 0.920. The molecule has 0 spiro atoms. The lowest BCUT2D eigenvalue weighted by Crippen LogP contribution is -2.46. The van der Waals surface area contributed by atoms with Gasteiger partial charge in [0.15, 0.2) is 9.84 Å². The zero-order valence-electron chi connectivity index (χ0n) is 12.5. The number of hydrogen-bond acceptors (Lipinski definition) is 3. The first kappa shape index (κ1) is 15.8. The van der Waals surface area contributed by atoms with E-state index in [2.05, 4.69) is 5.32 Å². The Morgan fingerprint density at radius 2 is 2.00 bits per heavy atom. The number of carbonyl (C=O) groups is 1. The van der Waals surface area contributed by atoms with Gasteiger partial charge in [0.1, 0.15) is 0 Å². The van der Waals surface area contributed by atoms with Gasteiger partial charge in [-0.3, -0.25) is 0 Å². The van der Waals surface area contributed by atoms with E-state index in [1.54, 1.807) is 4.90 Å². The van der Waals surface area contributed by atoms with E-state index in [0.29, 0.717) is 19.5 Å². The van der Waals surface area contributed by atoms with Gasteiger partial charge in [0.05, 0.1) is 11.5 Å². The molecule has 1 unspecified atom stereocenters. The zero-order chi connectivity index (χ0) is 15.5. The third-order valence-corrected chi connectivity index (χ3v) is 5.57. The van der Waals surface area contributed by atoms with Crippen LogP contribution in [-0.4, -0.2) is 43.4 Å². The molecular weight excluding hydrogens is 288 g/mol. The lowest BCUT2D eigenvalue weighted by molar-refractivity contribution is 0.183. The van der Waals surface area contributed by atoms with Gasteiger partial charge >= 0.3 is 6.03 Å². The lowest BCUT2D eigenvalue weighted by atomic mass is 10.1. The molecule has 1 aromatic carbocycles. The van der Waals surface area contributed by atoms with Crippen molar-refractivity contribution in [3.8, 4) is 0 Å². The van der Waals surface area contributed by atoms with Crippen LogP contribution < -0.4 is 5.32 Å². The molecule has 1 atom stereocenters. The fourth-order valence-corrected chi connectivity index (χ4v) is 4.30. The molecule has 6 heteroatoms. The second-order valence-corrected chi connectivity index (χ2v) is 7.72. The molecule has 116 valence electrons. The number of benzene rings is 1. The van der Waals surface area contributed by atoms with E-state index >= 15 is 0 Å². The number of hydrogen-bond donors (Lipinski definition) is 1. The maximum absolute atomic E-state index is 12.2. The highest BCUT2D eigenvalue weighted by Crippen LogP contribution is 2.17. The van der Waals surface area contributed by atoms with Crippen LogP contribution >= 0.6 is 0 Å². The smallest absolute Gasteiger partial charge is 0.317 e. The van der Waals surface area contributed by atoms with Crippen molar-refractivity contribution in [2.24, 2.45) is 0 Å². The number of carbonyl (C=O) groups excluding carboxylic acids is 1. The van der Waals surface area contributed by atoms with Crippen molar-refractivity contribution < 1.29 is 13.2 Å². The first-order chi connectivity index (χ1) is 9.91. The van der Waals surface area contributed by atoms with Crippen LogP contribution in [0.4, 0.5) is 4.79 Å². The van der Waals surface area contributed by atoms with Crippen molar-refractivity contribution in [1.29, 1.82) is 0 Å². The number of rotatable bonds is 4. The Morgan fingerprint density at radius 1 is 1.33 bits per heavy atom. The molecule has 2 rings (SSSR count). The molecule has 5 nitrogen and oxygen atoms in total. The van der Waals surface area contributed by atoms with Crippen LogP contribution in [0.2, 0.25) is 0 Å². The molecule has 2 amide bonds. The predicted molar refractivity (Wildman–Crippen MR) is 82.9 cm³/mol. The molecule has 1 aliphatic rings. The lowest BCUT2D eigenvalue weighted by Gasteiger charge is -2.27. The number of amides is 2. The Hall–Kier alpha value is -1.56. The third-order valence-electron chi connectivity index (χ3n) is 3.82. The third kappa shape index (κ3) is 4.20. The van der Waals surface area contributed by atoms with Crippen molar-refractivity contribution in [1.82, 2.24) is 10.2 Å². The van der Waals surface area contributed by atoms with Crippen LogP contribution in [0.5, 0.6) is 0 Å². The average molecular weight is 310 g/mol. The first-order valence-electron chi connectivity index (χ1n) is 7.21. The summed E-state index contributed by atoms with van der Waals surface area (Å²) in [4.78, 5) is 13.9. The molecule has 1 heterocycles. The molecular formula is C15H22N2O3S. The van der Waals surface area contributed by atoms with Gasteiger partial charge in [0.2, 0.25) is 0 Å². The summed E-state index contributed by atoms with van der Waals surface area (Å²) < 4.78 is 23.1. The summed E-state index contributed by atoms with van der Waals surface area (Å²) in [6, 6.07) is 7.57. The Balaban J connectivity index is 1.93. The van der Waals surface area contributed by atoms with E-state index in [9.17, 15) is 13.2 Å². The molecule has 0 bridgehead atoms. The van der Waals surface area contributed by atoms with Gasteiger partial charge in [-0.05, 0) is 25.8 Å². The Bertz CT molecular complexity index is 596. The predicted octanol–water partition coefficient (Wildman–Crippen LogP) is 1.71. The summed E-state index contributed by atoms with van der Waals surface area (Å²) in [7, 11) is -2.98. The van der Waals surface area contributed by atoms with E-state index < -0.39 is 9.84 Å². The molecule has 1 N–H and O–H groups in total. The number of nitrogens with zero attached hydrogens (tertiary/aromatic N) is 1. The Morgan fingerprint density at radius 3 is 2.52 bits per heavy atom. The van der Waals surface area contributed by atoms with Crippen LogP contribution in [0.25, 0.3) is 0 Å². The number of nitrogens with one attached hydrogen (secondary N) is 1. The van der Waals surface area contributed by atoms with Crippen LogP contribution in [0.15, 0.2) is 24.3 Å². The molecule has 1 saturated heterocycles. The maximum atomic E-state index is 12.2. The topological polar surface area (TPSA) is 66.5 Å². The second kappa shape index (κ2) is 6.47. The Kier molecular flexibility index (Phi) is 4.88. The van der Waals surface area contributed by atoms with Gasteiger partial charge in [0.25, 0.3) is 0 Å². The SMILES string of the molecule is CCN(C(=O)NCc1ccc(C)cc1)C1CCS(=O)(=O)C1. The summed E-state index contributed by atoms with van der Waals surface area (Å²) in [5.41, 5.74) is 2.21. The van der Waals surface area contributed by atoms with Crippen molar-refractivity contribution in [3.63, 3.8) is 0 Å². The highest BCUT2D eigenvalue weighted by molar-refractivity contribution is 7.91. The van der Waals surface area contributed by atoms with Gasteiger partial charge in [-0.2, -0.15) is 0 Å². The van der Waals surface area contributed by atoms with Gasteiger partial charge < -0.3 is 10.2 Å². The van der Waals surface area contributed by atoms with E-state index in [1.807, 2.05) is 38.1 Å². The molecule has 0 saturated carbocycles. The van der Waals surface area contributed by atoms with E-state index in [4.69, 9.17) is 0 Å². The first-order valence-corrected chi connectivity index (χ1v) is 9.04. The fraction of sp³-hybridized carbons (Fsp3) is 0.533. The molecule has 1 aliphatic heterocycles. The summed E-state index contributed by atoms with van der Waals surface area (Å²) in [6.45, 7) is 4.85. The number of urea groups is 1. The molecule has 0 radical (unpaired) electrons. The fourth-order valence-electron chi connectivity index (χ4n) is 2.57. The second-order valence-electron chi connectivity index (χ2n) is 5.49. The molecule has 0 aromatic heterocycles. The normalized spacial score (nSPS) is 20.2. The molecule has 0 aliphatic carbocycles. The standard InChI is InChI=1S/C15H22N2O3S/c1-3-17(14-8-9-21(19,20)11-14)15(18)16-10-13-6-4-12(2)5-7-13/h4-7,14H,3,8-11H2,1-2H3,(H,16,18). The minimum Gasteiger partial charge on any atom is -0.334 e. The van der Waals surface area contributed by atoms with Crippen molar-refractivity contribution in [2.75, 3.05) is 18.1 Å². The minimum absolute atomic E-state index is 0.0821. The number of sulfone groups is 1. The highest BCUT2D eigenvalue weighted by Gasteiger charge is 2.33. The van der Waals surface area contributed by atoms with Crippen molar-refractivity contribution in [3.05, 3.63) is 35.4 Å². The molecule has 1 fully saturated rings. The zero-order valence-corrected chi connectivity index (χ0v) is 13.3.